The lowest BCUT2D eigenvalue weighted by atomic mass is 10.1. The molecule has 0 saturated carbocycles. The van der Waals surface area contributed by atoms with Crippen LogP contribution in [-0.4, -0.2) is 37.4 Å². The Labute approximate surface area is 140 Å². The summed E-state index contributed by atoms with van der Waals surface area (Å²) < 4.78 is 17.9. The molecule has 0 spiro atoms. The first kappa shape index (κ1) is 17.5. The number of nitrogens with zero attached hydrogens (tertiary/aromatic N) is 1. The van der Waals surface area contributed by atoms with Crippen molar-refractivity contribution in [1.29, 1.82) is 0 Å². The van der Waals surface area contributed by atoms with Gasteiger partial charge in [0.1, 0.15) is 11.6 Å². The van der Waals surface area contributed by atoms with Crippen LogP contribution in [0.2, 0.25) is 0 Å². The van der Waals surface area contributed by atoms with Gasteiger partial charge in [-0.3, -0.25) is 9.59 Å². The van der Waals surface area contributed by atoms with E-state index in [0.717, 1.165) is 5.56 Å². The lowest BCUT2D eigenvalue weighted by Gasteiger charge is -2.17. The molecule has 0 heterocycles. The summed E-state index contributed by atoms with van der Waals surface area (Å²) in [5.74, 6) is -0.226. The van der Waals surface area contributed by atoms with E-state index in [1.54, 1.807) is 26.3 Å². The molecule has 0 bridgehead atoms. The Morgan fingerprint density at radius 2 is 1.88 bits per heavy atom. The number of halogens is 1. The van der Waals surface area contributed by atoms with Gasteiger partial charge in [-0.05, 0) is 42.0 Å². The maximum Gasteiger partial charge on any atom is 0.243 e. The summed E-state index contributed by atoms with van der Waals surface area (Å²) in [6, 6.07) is 12.7. The first-order chi connectivity index (χ1) is 11.5. The van der Waals surface area contributed by atoms with Crippen LogP contribution in [-0.2, 0) is 16.0 Å². The average molecular weight is 330 g/mol. The molecule has 6 heteroatoms. The number of amides is 2. The van der Waals surface area contributed by atoms with E-state index < -0.39 is 0 Å². The molecule has 0 saturated heterocycles. The Kier molecular flexibility index (Phi) is 5.89. The number of anilines is 1. The third-order valence-electron chi connectivity index (χ3n) is 3.42. The van der Waals surface area contributed by atoms with Crippen molar-refractivity contribution >= 4 is 17.5 Å². The summed E-state index contributed by atoms with van der Waals surface area (Å²) in [6.45, 7) is -0.0832. The Balaban J connectivity index is 1.88. The molecule has 2 amide bonds. The van der Waals surface area contributed by atoms with Crippen molar-refractivity contribution in [2.75, 3.05) is 26.0 Å². The van der Waals surface area contributed by atoms with E-state index in [0.29, 0.717) is 11.4 Å². The standard InChI is InChI=1S/C18H19FN2O3/c1-21(12-17(22)20-15-8-6-14(19)7-9-15)18(23)11-13-4-3-5-16(10-13)24-2/h3-10H,11-12H2,1-2H3,(H,20,22). The number of likely N-dealkylation sites (N-methyl/N-ethyl adjacent to an activating group) is 1. The fraction of sp³-hybridized carbons (Fsp3) is 0.222. The number of ether oxygens (including phenoxy) is 1. The number of carbonyl (C=O) groups is 2. The molecule has 2 aromatic rings. The molecule has 0 radical (unpaired) electrons. The van der Waals surface area contributed by atoms with E-state index >= 15 is 0 Å². The monoisotopic (exact) mass is 330 g/mol. The molecule has 0 aliphatic heterocycles. The second-order valence-corrected chi connectivity index (χ2v) is 5.33. The number of benzene rings is 2. The summed E-state index contributed by atoms with van der Waals surface area (Å²) in [6.07, 6.45) is 0.178. The van der Waals surface area contributed by atoms with Gasteiger partial charge < -0.3 is 15.0 Å². The van der Waals surface area contributed by atoms with Gasteiger partial charge in [-0.1, -0.05) is 12.1 Å². The normalized spacial score (nSPS) is 10.1. The second kappa shape index (κ2) is 8.10. The van der Waals surface area contributed by atoms with Crippen LogP contribution in [0.25, 0.3) is 0 Å². The number of hydrogen-bond donors (Lipinski definition) is 1. The first-order valence-electron chi connectivity index (χ1n) is 7.40. The molecule has 0 atom stereocenters. The van der Waals surface area contributed by atoms with E-state index in [1.165, 1.54) is 29.2 Å². The highest BCUT2D eigenvalue weighted by Gasteiger charge is 2.14. The molecule has 0 aromatic heterocycles. The summed E-state index contributed by atoms with van der Waals surface area (Å²) in [7, 11) is 3.12. The first-order valence-corrected chi connectivity index (χ1v) is 7.40. The van der Waals surface area contributed by atoms with Crippen molar-refractivity contribution in [1.82, 2.24) is 4.90 Å². The predicted octanol–water partition coefficient (Wildman–Crippen LogP) is 2.47. The Hall–Kier alpha value is -2.89. The minimum absolute atomic E-state index is 0.0832. The van der Waals surface area contributed by atoms with Crippen LogP contribution >= 0.6 is 0 Å². The van der Waals surface area contributed by atoms with Gasteiger partial charge in [0.25, 0.3) is 0 Å². The molecule has 0 aliphatic rings. The number of methoxy groups -OCH3 is 1. The van der Waals surface area contributed by atoms with Crippen LogP contribution in [0.1, 0.15) is 5.56 Å². The summed E-state index contributed by atoms with van der Waals surface area (Å²) in [5.41, 5.74) is 1.29. The highest BCUT2D eigenvalue weighted by molar-refractivity contribution is 5.94. The van der Waals surface area contributed by atoms with Gasteiger partial charge in [-0.25, -0.2) is 4.39 Å². The molecule has 1 N–H and O–H groups in total. The maximum absolute atomic E-state index is 12.8. The summed E-state index contributed by atoms with van der Waals surface area (Å²) in [4.78, 5) is 25.5. The van der Waals surface area contributed by atoms with Gasteiger partial charge in [0.15, 0.2) is 0 Å². The minimum atomic E-state index is -0.376. The molecule has 0 fully saturated rings. The zero-order chi connectivity index (χ0) is 17.5. The van der Waals surface area contributed by atoms with Crippen molar-refractivity contribution in [2.24, 2.45) is 0 Å². The smallest absolute Gasteiger partial charge is 0.243 e. The molecule has 5 nitrogen and oxygen atoms in total. The van der Waals surface area contributed by atoms with Crippen LogP contribution in [0, 0.1) is 5.82 Å². The Bertz CT molecular complexity index is 716. The molecular weight excluding hydrogens is 311 g/mol. The van der Waals surface area contributed by atoms with Crippen molar-refractivity contribution in [3.63, 3.8) is 0 Å². The molecule has 24 heavy (non-hydrogen) atoms. The lowest BCUT2D eigenvalue weighted by Crippen LogP contribution is -2.35. The quantitative estimate of drug-likeness (QED) is 0.885. The molecule has 126 valence electrons. The number of hydrogen-bond acceptors (Lipinski definition) is 3. The predicted molar refractivity (Wildman–Crippen MR) is 89.4 cm³/mol. The Morgan fingerprint density at radius 1 is 1.17 bits per heavy atom. The summed E-state index contributed by atoms with van der Waals surface area (Å²) >= 11 is 0. The van der Waals surface area contributed by atoms with Crippen LogP contribution in [0.5, 0.6) is 5.75 Å². The van der Waals surface area contributed by atoms with Crippen LogP contribution < -0.4 is 10.1 Å². The largest absolute Gasteiger partial charge is 0.497 e. The zero-order valence-electron chi connectivity index (χ0n) is 13.6. The van der Waals surface area contributed by atoms with E-state index in [4.69, 9.17) is 4.74 Å². The van der Waals surface area contributed by atoms with Gasteiger partial charge in [-0.2, -0.15) is 0 Å². The van der Waals surface area contributed by atoms with Gasteiger partial charge in [0.2, 0.25) is 11.8 Å². The highest BCUT2D eigenvalue weighted by atomic mass is 19.1. The third kappa shape index (κ3) is 5.08. The van der Waals surface area contributed by atoms with Crippen LogP contribution in [0.3, 0.4) is 0 Å². The van der Waals surface area contributed by atoms with Crippen molar-refractivity contribution in [3.8, 4) is 5.75 Å². The van der Waals surface area contributed by atoms with Gasteiger partial charge in [0, 0.05) is 12.7 Å². The molecule has 2 rings (SSSR count). The SMILES string of the molecule is COc1cccc(CC(=O)N(C)CC(=O)Nc2ccc(F)cc2)c1. The van der Waals surface area contributed by atoms with Crippen molar-refractivity contribution in [3.05, 3.63) is 59.9 Å². The lowest BCUT2D eigenvalue weighted by molar-refractivity contribution is -0.132. The van der Waals surface area contributed by atoms with Gasteiger partial charge in [0.05, 0.1) is 20.1 Å². The van der Waals surface area contributed by atoms with Crippen molar-refractivity contribution in [2.45, 2.75) is 6.42 Å². The van der Waals surface area contributed by atoms with E-state index in [-0.39, 0.29) is 30.6 Å². The van der Waals surface area contributed by atoms with Gasteiger partial charge in [-0.15, -0.1) is 0 Å². The molecule has 0 unspecified atom stereocenters. The van der Waals surface area contributed by atoms with E-state index in [9.17, 15) is 14.0 Å². The van der Waals surface area contributed by atoms with Crippen molar-refractivity contribution < 1.29 is 18.7 Å². The molecular formula is C18H19FN2O3. The van der Waals surface area contributed by atoms with E-state index in [2.05, 4.69) is 5.32 Å². The zero-order valence-corrected chi connectivity index (χ0v) is 13.6. The van der Waals surface area contributed by atoms with Crippen LogP contribution in [0.15, 0.2) is 48.5 Å². The van der Waals surface area contributed by atoms with Gasteiger partial charge >= 0.3 is 0 Å². The fourth-order valence-electron chi connectivity index (χ4n) is 2.13. The minimum Gasteiger partial charge on any atom is -0.497 e. The number of rotatable bonds is 6. The molecule has 2 aromatic carbocycles. The number of nitrogens with one attached hydrogen (secondary N) is 1. The topological polar surface area (TPSA) is 58.6 Å². The average Bonchev–Trinajstić information content (AvgIpc) is 2.57. The fourth-order valence-corrected chi connectivity index (χ4v) is 2.13. The second-order valence-electron chi connectivity index (χ2n) is 5.33. The Morgan fingerprint density at radius 3 is 2.54 bits per heavy atom. The number of carbonyl (C=O) groups excluding carboxylic acids is 2. The van der Waals surface area contributed by atoms with E-state index in [1.807, 2.05) is 12.1 Å². The highest BCUT2D eigenvalue weighted by Crippen LogP contribution is 2.13. The third-order valence-corrected chi connectivity index (χ3v) is 3.42. The van der Waals surface area contributed by atoms with Crippen LogP contribution in [0.4, 0.5) is 10.1 Å². The molecule has 0 aliphatic carbocycles. The summed E-state index contributed by atoms with van der Waals surface area (Å²) in [5, 5.41) is 2.62. The maximum atomic E-state index is 12.8.